The maximum absolute atomic E-state index is 11.1. The number of carbonyl (C=O) groups excluding carboxylic acids is 1. The molecule has 0 bridgehead atoms. The molecule has 2 heteroatoms. The van der Waals surface area contributed by atoms with Crippen LogP contribution in [0.1, 0.15) is 33.1 Å². The van der Waals surface area contributed by atoms with Crippen molar-refractivity contribution in [3.63, 3.8) is 0 Å². The minimum absolute atomic E-state index is 0.147. The molecule has 0 saturated carbocycles. The largest absolute Gasteiger partial charge is 0.371 e. The molecule has 0 atom stereocenters. The van der Waals surface area contributed by atoms with Crippen LogP contribution in [0.3, 0.4) is 0 Å². The van der Waals surface area contributed by atoms with Crippen molar-refractivity contribution in [2.24, 2.45) is 0 Å². The van der Waals surface area contributed by atoms with Gasteiger partial charge in [-0.1, -0.05) is 6.08 Å². The van der Waals surface area contributed by atoms with E-state index in [2.05, 4.69) is 6.58 Å². The molecule has 70 valence electrons. The SMILES string of the molecule is C=CCCCC(=O)COC(C)C. The van der Waals surface area contributed by atoms with E-state index < -0.39 is 0 Å². The molecule has 2 nitrogen and oxygen atoms in total. The molecule has 0 aliphatic carbocycles. The standard InChI is InChI=1S/C10H18O2/c1-4-5-6-7-10(11)8-12-9(2)3/h4,9H,1,5-8H2,2-3H3. The van der Waals surface area contributed by atoms with Crippen LogP contribution in [0.4, 0.5) is 0 Å². The van der Waals surface area contributed by atoms with Crippen LogP contribution in [0.15, 0.2) is 12.7 Å². The molecule has 0 N–H and O–H groups in total. The van der Waals surface area contributed by atoms with Crippen LogP contribution < -0.4 is 0 Å². The summed E-state index contributed by atoms with van der Waals surface area (Å²) in [5, 5.41) is 0. The van der Waals surface area contributed by atoms with Crippen LogP contribution in [0, 0.1) is 0 Å². The monoisotopic (exact) mass is 170 g/mol. The van der Waals surface area contributed by atoms with Crippen LogP contribution in [0.2, 0.25) is 0 Å². The lowest BCUT2D eigenvalue weighted by atomic mass is 10.2. The lowest BCUT2D eigenvalue weighted by Gasteiger charge is -2.05. The van der Waals surface area contributed by atoms with E-state index in [0.29, 0.717) is 6.42 Å². The van der Waals surface area contributed by atoms with Gasteiger partial charge in [0.25, 0.3) is 0 Å². The Bertz CT molecular complexity index is 139. The molecule has 0 aromatic heterocycles. The normalized spacial score (nSPS) is 10.2. The number of carbonyl (C=O) groups is 1. The highest BCUT2D eigenvalue weighted by molar-refractivity contribution is 5.79. The number of ether oxygens (including phenoxy) is 1. The van der Waals surface area contributed by atoms with E-state index >= 15 is 0 Å². The molecule has 0 unspecified atom stereocenters. The summed E-state index contributed by atoms with van der Waals surface area (Å²) < 4.78 is 5.16. The molecule has 0 amide bonds. The molecule has 0 aliphatic rings. The topological polar surface area (TPSA) is 26.3 Å². The summed E-state index contributed by atoms with van der Waals surface area (Å²) in [6.45, 7) is 7.70. The maximum atomic E-state index is 11.1. The number of Topliss-reactive ketones (excluding diaryl/α,β-unsaturated/α-hetero) is 1. The minimum atomic E-state index is 0.147. The van der Waals surface area contributed by atoms with E-state index in [1.807, 2.05) is 19.9 Å². The Labute approximate surface area is 74.6 Å². The second-order valence-electron chi connectivity index (χ2n) is 3.08. The van der Waals surface area contributed by atoms with Gasteiger partial charge in [0, 0.05) is 6.42 Å². The summed E-state index contributed by atoms with van der Waals surface area (Å²) in [6.07, 6.45) is 4.39. The Hall–Kier alpha value is -0.630. The summed E-state index contributed by atoms with van der Waals surface area (Å²) in [5.74, 6) is 0.186. The molecule has 0 radical (unpaired) electrons. The first kappa shape index (κ1) is 11.4. The van der Waals surface area contributed by atoms with Crippen molar-refractivity contribution in [3.05, 3.63) is 12.7 Å². The molecule has 0 aromatic rings. The number of ketones is 1. The van der Waals surface area contributed by atoms with Gasteiger partial charge in [0.05, 0.1) is 6.10 Å². The molecule has 12 heavy (non-hydrogen) atoms. The van der Waals surface area contributed by atoms with Gasteiger partial charge in [0.2, 0.25) is 0 Å². The van der Waals surface area contributed by atoms with Crippen molar-refractivity contribution in [2.75, 3.05) is 6.61 Å². The number of rotatable bonds is 7. The Morgan fingerprint density at radius 3 is 2.75 bits per heavy atom. The molecule has 0 aliphatic heterocycles. The zero-order valence-corrected chi connectivity index (χ0v) is 8.01. The lowest BCUT2D eigenvalue weighted by molar-refractivity contribution is -0.125. The second kappa shape index (κ2) is 7.04. The van der Waals surface area contributed by atoms with Gasteiger partial charge >= 0.3 is 0 Å². The van der Waals surface area contributed by atoms with Crippen molar-refractivity contribution in [2.45, 2.75) is 39.2 Å². The smallest absolute Gasteiger partial charge is 0.158 e. The zero-order valence-electron chi connectivity index (χ0n) is 8.01. The number of allylic oxidation sites excluding steroid dienone is 1. The predicted molar refractivity (Wildman–Crippen MR) is 50.1 cm³/mol. The van der Waals surface area contributed by atoms with E-state index in [0.717, 1.165) is 12.8 Å². The van der Waals surface area contributed by atoms with Gasteiger partial charge in [-0.25, -0.2) is 0 Å². The lowest BCUT2D eigenvalue weighted by Crippen LogP contribution is -2.12. The van der Waals surface area contributed by atoms with Gasteiger partial charge < -0.3 is 4.74 Å². The van der Waals surface area contributed by atoms with Crippen molar-refractivity contribution in [3.8, 4) is 0 Å². The van der Waals surface area contributed by atoms with E-state index in [9.17, 15) is 4.79 Å². The third-order valence-electron chi connectivity index (χ3n) is 1.44. The molecular weight excluding hydrogens is 152 g/mol. The van der Waals surface area contributed by atoms with Crippen LogP contribution in [-0.4, -0.2) is 18.5 Å². The first-order valence-corrected chi connectivity index (χ1v) is 4.41. The highest BCUT2D eigenvalue weighted by atomic mass is 16.5. The maximum Gasteiger partial charge on any atom is 0.158 e. The molecule has 0 fully saturated rings. The Morgan fingerprint density at radius 2 is 2.25 bits per heavy atom. The number of unbranched alkanes of at least 4 members (excludes halogenated alkanes) is 1. The first-order chi connectivity index (χ1) is 5.66. The fraction of sp³-hybridized carbons (Fsp3) is 0.700. The van der Waals surface area contributed by atoms with Crippen LogP contribution >= 0.6 is 0 Å². The average molecular weight is 170 g/mol. The molecular formula is C10H18O2. The quantitative estimate of drug-likeness (QED) is 0.433. The summed E-state index contributed by atoms with van der Waals surface area (Å²) in [6, 6.07) is 0. The molecule has 0 rings (SSSR count). The third kappa shape index (κ3) is 7.48. The second-order valence-corrected chi connectivity index (χ2v) is 3.08. The summed E-state index contributed by atoms with van der Waals surface area (Å²) in [4.78, 5) is 11.1. The fourth-order valence-corrected chi connectivity index (χ4v) is 0.775. The highest BCUT2D eigenvalue weighted by Gasteiger charge is 2.02. The molecule has 0 spiro atoms. The summed E-state index contributed by atoms with van der Waals surface area (Å²) >= 11 is 0. The fourth-order valence-electron chi connectivity index (χ4n) is 0.775. The Balaban J connectivity index is 3.27. The van der Waals surface area contributed by atoms with Crippen LogP contribution in [-0.2, 0) is 9.53 Å². The van der Waals surface area contributed by atoms with E-state index in [-0.39, 0.29) is 18.5 Å². The van der Waals surface area contributed by atoms with Gasteiger partial charge in [-0.3, -0.25) is 4.79 Å². The average Bonchev–Trinajstić information content (AvgIpc) is 2.01. The zero-order chi connectivity index (χ0) is 9.40. The third-order valence-corrected chi connectivity index (χ3v) is 1.44. The number of hydrogen-bond acceptors (Lipinski definition) is 2. The molecule has 0 saturated heterocycles. The molecule has 0 heterocycles. The Kier molecular flexibility index (Phi) is 6.67. The molecule has 0 aromatic carbocycles. The number of hydrogen-bond donors (Lipinski definition) is 0. The summed E-state index contributed by atoms with van der Waals surface area (Å²) in [7, 11) is 0. The van der Waals surface area contributed by atoms with Crippen LogP contribution in [0.25, 0.3) is 0 Å². The van der Waals surface area contributed by atoms with E-state index in [4.69, 9.17) is 4.74 Å². The van der Waals surface area contributed by atoms with Crippen molar-refractivity contribution in [1.29, 1.82) is 0 Å². The Morgan fingerprint density at radius 1 is 1.58 bits per heavy atom. The van der Waals surface area contributed by atoms with Crippen molar-refractivity contribution < 1.29 is 9.53 Å². The summed E-state index contributed by atoms with van der Waals surface area (Å²) in [5.41, 5.74) is 0. The first-order valence-electron chi connectivity index (χ1n) is 4.41. The van der Waals surface area contributed by atoms with Crippen molar-refractivity contribution in [1.82, 2.24) is 0 Å². The minimum Gasteiger partial charge on any atom is -0.371 e. The van der Waals surface area contributed by atoms with E-state index in [1.165, 1.54) is 0 Å². The highest BCUT2D eigenvalue weighted by Crippen LogP contribution is 1.98. The van der Waals surface area contributed by atoms with Gasteiger partial charge in [0.1, 0.15) is 6.61 Å². The van der Waals surface area contributed by atoms with Gasteiger partial charge in [-0.2, -0.15) is 0 Å². The van der Waals surface area contributed by atoms with Gasteiger partial charge in [0.15, 0.2) is 5.78 Å². The van der Waals surface area contributed by atoms with Crippen molar-refractivity contribution >= 4 is 5.78 Å². The van der Waals surface area contributed by atoms with Crippen LogP contribution in [0.5, 0.6) is 0 Å². The van der Waals surface area contributed by atoms with Gasteiger partial charge in [-0.05, 0) is 26.7 Å². The predicted octanol–water partition coefficient (Wildman–Crippen LogP) is 2.34. The van der Waals surface area contributed by atoms with E-state index in [1.54, 1.807) is 0 Å². The van der Waals surface area contributed by atoms with Gasteiger partial charge in [-0.15, -0.1) is 6.58 Å².